The Bertz CT molecular complexity index is 1090. The van der Waals surface area contributed by atoms with Gasteiger partial charge in [-0.2, -0.15) is 0 Å². The number of phenolic OH excluding ortho intramolecular Hbond substituents is 1. The number of amides is 1. The predicted molar refractivity (Wildman–Crippen MR) is 117 cm³/mol. The Morgan fingerprint density at radius 1 is 1.17 bits per heavy atom. The van der Waals surface area contributed by atoms with Crippen molar-refractivity contribution in [3.63, 3.8) is 0 Å². The van der Waals surface area contributed by atoms with Crippen LogP contribution in [0.2, 0.25) is 5.02 Å². The minimum atomic E-state index is -0.381. The number of rotatable bonds is 3. The number of anilines is 1. The topological polar surface area (TPSA) is 52.6 Å². The SMILES string of the molecule is CN1CCc2cc(Cl)c(O)cc2C(c2cccc(NC(=O)c3ccc(F)cc3)c2)C1. The third-order valence-electron chi connectivity index (χ3n) is 5.49. The highest BCUT2D eigenvalue weighted by molar-refractivity contribution is 6.32. The molecule has 0 saturated heterocycles. The normalized spacial score (nSPS) is 16.6. The van der Waals surface area contributed by atoms with Crippen LogP contribution in [0.25, 0.3) is 0 Å². The first kappa shape index (κ1) is 20.4. The van der Waals surface area contributed by atoms with Crippen LogP contribution in [0.4, 0.5) is 10.1 Å². The van der Waals surface area contributed by atoms with Gasteiger partial charge in [0.25, 0.3) is 5.91 Å². The van der Waals surface area contributed by atoms with Crippen LogP contribution in [-0.2, 0) is 6.42 Å². The van der Waals surface area contributed by atoms with E-state index in [0.29, 0.717) is 16.3 Å². The average Bonchev–Trinajstić information content (AvgIpc) is 2.88. The Labute approximate surface area is 179 Å². The summed E-state index contributed by atoms with van der Waals surface area (Å²) in [6.07, 6.45) is 0.851. The molecule has 1 aliphatic rings. The molecule has 1 unspecified atom stereocenters. The van der Waals surface area contributed by atoms with Crippen LogP contribution in [0.1, 0.15) is 33.0 Å². The quantitative estimate of drug-likeness (QED) is 0.618. The molecule has 3 aromatic rings. The van der Waals surface area contributed by atoms with E-state index >= 15 is 0 Å². The summed E-state index contributed by atoms with van der Waals surface area (Å²) in [5.41, 5.74) is 4.24. The van der Waals surface area contributed by atoms with Gasteiger partial charge in [0.15, 0.2) is 0 Å². The van der Waals surface area contributed by atoms with Crippen molar-refractivity contribution < 1.29 is 14.3 Å². The number of carbonyl (C=O) groups excluding carboxylic acids is 1. The van der Waals surface area contributed by atoms with E-state index in [1.807, 2.05) is 30.3 Å². The monoisotopic (exact) mass is 424 g/mol. The van der Waals surface area contributed by atoms with Gasteiger partial charge >= 0.3 is 0 Å². The second kappa shape index (κ2) is 8.46. The van der Waals surface area contributed by atoms with Gasteiger partial charge in [0.1, 0.15) is 11.6 Å². The average molecular weight is 425 g/mol. The Morgan fingerprint density at radius 3 is 2.70 bits per heavy atom. The first-order valence-corrected chi connectivity index (χ1v) is 10.1. The molecule has 0 saturated carbocycles. The van der Waals surface area contributed by atoms with E-state index in [-0.39, 0.29) is 23.4 Å². The van der Waals surface area contributed by atoms with E-state index in [1.54, 1.807) is 6.07 Å². The van der Waals surface area contributed by atoms with Crippen molar-refractivity contribution in [2.45, 2.75) is 12.3 Å². The highest BCUT2D eigenvalue weighted by Gasteiger charge is 2.24. The Balaban J connectivity index is 1.65. The number of likely N-dealkylation sites (N-methyl/N-ethyl adjacent to an activating group) is 1. The van der Waals surface area contributed by atoms with Gasteiger partial charge in [-0.05, 0) is 78.7 Å². The fourth-order valence-electron chi connectivity index (χ4n) is 3.90. The maximum absolute atomic E-state index is 13.1. The minimum absolute atomic E-state index is 0.0262. The molecule has 1 amide bonds. The molecule has 154 valence electrons. The fraction of sp³-hybridized carbons (Fsp3) is 0.208. The summed E-state index contributed by atoms with van der Waals surface area (Å²) < 4.78 is 13.1. The summed E-state index contributed by atoms with van der Waals surface area (Å²) in [7, 11) is 2.07. The van der Waals surface area contributed by atoms with Crippen molar-refractivity contribution in [2.75, 3.05) is 25.5 Å². The highest BCUT2D eigenvalue weighted by atomic mass is 35.5. The Kier molecular flexibility index (Phi) is 5.75. The third kappa shape index (κ3) is 4.32. The maximum Gasteiger partial charge on any atom is 0.255 e. The molecule has 0 aromatic heterocycles. The summed E-state index contributed by atoms with van der Waals surface area (Å²) >= 11 is 6.14. The molecule has 4 nitrogen and oxygen atoms in total. The third-order valence-corrected chi connectivity index (χ3v) is 5.80. The molecule has 4 rings (SSSR count). The summed E-state index contributed by atoms with van der Waals surface area (Å²) in [6, 6.07) is 16.7. The standard InChI is InChI=1S/C24H22ClFN2O2/c1-28-10-9-17-12-22(25)23(29)13-20(17)21(14-28)16-3-2-4-19(11-16)27-24(30)15-5-7-18(26)8-6-15/h2-8,11-13,21,29H,9-10,14H2,1H3,(H,27,30). The van der Waals surface area contributed by atoms with E-state index in [0.717, 1.165) is 36.2 Å². The smallest absolute Gasteiger partial charge is 0.255 e. The molecular formula is C24H22ClFN2O2. The van der Waals surface area contributed by atoms with Gasteiger partial charge in [-0.3, -0.25) is 4.79 Å². The number of hydrogen-bond donors (Lipinski definition) is 2. The predicted octanol–water partition coefficient (Wildman–Crippen LogP) is 5.06. The summed E-state index contributed by atoms with van der Waals surface area (Å²) in [5.74, 6) is -0.577. The Hall–Kier alpha value is -2.89. The van der Waals surface area contributed by atoms with Gasteiger partial charge in [-0.25, -0.2) is 4.39 Å². The van der Waals surface area contributed by atoms with Crippen molar-refractivity contribution in [1.82, 2.24) is 4.90 Å². The van der Waals surface area contributed by atoms with E-state index in [2.05, 4.69) is 17.3 Å². The number of aromatic hydroxyl groups is 1. The lowest BCUT2D eigenvalue weighted by molar-refractivity contribution is 0.102. The first-order chi connectivity index (χ1) is 14.4. The van der Waals surface area contributed by atoms with E-state index < -0.39 is 0 Å². The molecule has 0 bridgehead atoms. The number of halogens is 2. The lowest BCUT2D eigenvalue weighted by atomic mass is 9.87. The number of nitrogens with zero attached hydrogens (tertiary/aromatic N) is 1. The molecule has 0 radical (unpaired) electrons. The van der Waals surface area contributed by atoms with E-state index in [1.165, 1.54) is 24.3 Å². The second-order valence-electron chi connectivity index (χ2n) is 7.65. The minimum Gasteiger partial charge on any atom is -0.506 e. The van der Waals surface area contributed by atoms with Crippen molar-refractivity contribution in [3.05, 3.63) is 93.8 Å². The summed E-state index contributed by atoms with van der Waals surface area (Å²) in [4.78, 5) is 14.8. The zero-order valence-corrected chi connectivity index (χ0v) is 17.3. The number of benzene rings is 3. The molecule has 2 N–H and O–H groups in total. The van der Waals surface area contributed by atoms with Crippen molar-refractivity contribution in [1.29, 1.82) is 0 Å². The summed E-state index contributed by atoms with van der Waals surface area (Å²) in [6.45, 7) is 1.68. The zero-order chi connectivity index (χ0) is 21.3. The van der Waals surface area contributed by atoms with Crippen LogP contribution >= 0.6 is 11.6 Å². The van der Waals surface area contributed by atoms with E-state index in [4.69, 9.17) is 11.6 Å². The van der Waals surface area contributed by atoms with Crippen LogP contribution in [0.15, 0.2) is 60.7 Å². The number of carbonyl (C=O) groups is 1. The van der Waals surface area contributed by atoms with Gasteiger partial charge in [0.2, 0.25) is 0 Å². The molecule has 3 aromatic carbocycles. The van der Waals surface area contributed by atoms with Crippen LogP contribution in [0, 0.1) is 5.82 Å². The van der Waals surface area contributed by atoms with Gasteiger partial charge < -0.3 is 15.3 Å². The molecule has 0 aliphatic carbocycles. The van der Waals surface area contributed by atoms with Gasteiger partial charge in [-0.15, -0.1) is 0 Å². The van der Waals surface area contributed by atoms with Gasteiger partial charge in [-0.1, -0.05) is 23.7 Å². The van der Waals surface area contributed by atoms with E-state index in [9.17, 15) is 14.3 Å². The summed E-state index contributed by atoms with van der Waals surface area (Å²) in [5, 5.41) is 13.4. The molecule has 1 atom stereocenters. The van der Waals surface area contributed by atoms with Crippen molar-refractivity contribution >= 4 is 23.2 Å². The van der Waals surface area contributed by atoms with Crippen molar-refractivity contribution in [3.8, 4) is 5.75 Å². The highest BCUT2D eigenvalue weighted by Crippen LogP contribution is 2.37. The fourth-order valence-corrected chi connectivity index (χ4v) is 4.08. The number of phenols is 1. The number of hydrogen-bond acceptors (Lipinski definition) is 3. The molecule has 1 aliphatic heterocycles. The van der Waals surface area contributed by atoms with Gasteiger partial charge in [0.05, 0.1) is 5.02 Å². The molecular weight excluding hydrogens is 403 g/mol. The largest absolute Gasteiger partial charge is 0.506 e. The maximum atomic E-state index is 13.1. The van der Waals surface area contributed by atoms with Crippen LogP contribution in [0.5, 0.6) is 5.75 Å². The number of fused-ring (bicyclic) bond motifs is 1. The Morgan fingerprint density at radius 2 is 1.93 bits per heavy atom. The van der Waals surface area contributed by atoms with Crippen LogP contribution < -0.4 is 5.32 Å². The zero-order valence-electron chi connectivity index (χ0n) is 16.5. The molecule has 30 heavy (non-hydrogen) atoms. The molecule has 6 heteroatoms. The lowest BCUT2D eigenvalue weighted by Gasteiger charge is -2.23. The molecule has 0 fully saturated rings. The van der Waals surface area contributed by atoms with Gasteiger partial charge in [0, 0.05) is 30.3 Å². The number of nitrogens with one attached hydrogen (secondary N) is 1. The lowest BCUT2D eigenvalue weighted by Crippen LogP contribution is -2.24. The van der Waals surface area contributed by atoms with Crippen molar-refractivity contribution in [2.24, 2.45) is 0 Å². The van der Waals surface area contributed by atoms with Crippen LogP contribution in [0.3, 0.4) is 0 Å². The first-order valence-electron chi connectivity index (χ1n) is 9.77. The molecule has 1 heterocycles. The second-order valence-corrected chi connectivity index (χ2v) is 8.06. The molecule has 0 spiro atoms. The van der Waals surface area contributed by atoms with Crippen LogP contribution in [-0.4, -0.2) is 36.1 Å².